The minimum atomic E-state index is -1.20. The van der Waals surface area contributed by atoms with Crippen molar-refractivity contribution in [1.29, 1.82) is 0 Å². The van der Waals surface area contributed by atoms with Gasteiger partial charge in [-0.2, -0.15) is 0 Å². The molecule has 1 saturated heterocycles. The fourth-order valence-electron chi connectivity index (χ4n) is 1.15. The van der Waals surface area contributed by atoms with E-state index in [4.69, 9.17) is 10.2 Å². The zero-order valence-corrected chi connectivity index (χ0v) is 6.67. The first kappa shape index (κ1) is 9.44. The molecule has 0 amide bonds. The smallest absolute Gasteiger partial charge is 0.311 e. The number of cyclic esters (lactones) is 1. The van der Waals surface area contributed by atoms with Gasteiger partial charge in [-0.15, -0.1) is 0 Å². The molecule has 1 heterocycles. The molecule has 1 fully saturated rings. The Hall–Kier alpha value is -0.650. The summed E-state index contributed by atoms with van der Waals surface area (Å²) in [6.07, 6.45) is -3.22. The van der Waals surface area contributed by atoms with Crippen molar-refractivity contribution < 1.29 is 24.9 Å². The normalized spacial score (nSPS) is 38.0. The monoisotopic (exact) mass is 176 g/mol. The fraction of sp³-hybridized carbons (Fsp3) is 0.857. The Morgan fingerprint density at radius 1 is 1.67 bits per heavy atom. The molecule has 1 aliphatic heterocycles. The van der Waals surface area contributed by atoms with Crippen molar-refractivity contribution in [2.75, 3.05) is 6.61 Å². The van der Waals surface area contributed by atoms with Crippen LogP contribution >= 0.6 is 0 Å². The van der Waals surface area contributed by atoms with E-state index in [1.165, 1.54) is 6.92 Å². The Labute approximate surface area is 69.6 Å². The Bertz CT molecular complexity index is 181. The lowest BCUT2D eigenvalue weighted by atomic mass is 10.0. The van der Waals surface area contributed by atoms with Crippen molar-refractivity contribution in [2.45, 2.75) is 25.2 Å². The Morgan fingerprint density at radius 2 is 2.25 bits per heavy atom. The highest BCUT2D eigenvalue weighted by Gasteiger charge is 2.44. The van der Waals surface area contributed by atoms with Crippen molar-refractivity contribution in [3.8, 4) is 0 Å². The third kappa shape index (κ3) is 1.43. The minimum Gasteiger partial charge on any atom is -0.456 e. The van der Waals surface area contributed by atoms with Gasteiger partial charge in [-0.05, 0) is 6.92 Å². The summed E-state index contributed by atoms with van der Waals surface area (Å²) >= 11 is 0. The van der Waals surface area contributed by atoms with Crippen LogP contribution in [0, 0.1) is 5.92 Å². The van der Waals surface area contributed by atoms with Crippen molar-refractivity contribution in [3.05, 3.63) is 0 Å². The van der Waals surface area contributed by atoms with Crippen LogP contribution in [0.2, 0.25) is 0 Å². The summed E-state index contributed by atoms with van der Waals surface area (Å²) in [5.74, 6) is -1.17. The maximum atomic E-state index is 10.8. The second-order valence-electron chi connectivity index (χ2n) is 2.93. The summed E-state index contributed by atoms with van der Waals surface area (Å²) < 4.78 is 4.64. The van der Waals surface area contributed by atoms with E-state index in [1.54, 1.807) is 0 Å². The van der Waals surface area contributed by atoms with Gasteiger partial charge >= 0.3 is 5.97 Å². The number of carbonyl (C=O) groups is 1. The second-order valence-corrected chi connectivity index (χ2v) is 2.93. The minimum absolute atomic E-state index is 0.526. The first-order valence-electron chi connectivity index (χ1n) is 3.75. The SMILES string of the molecule is CC1C(=O)OC(C(O)CO)C1O. The average molecular weight is 176 g/mol. The van der Waals surface area contributed by atoms with Gasteiger partial charge in [0.25, 0.3) is 0 Å². The number of aliphatic hydroxyl groups is 3. The van der Waals surface area contributed by atoms with Crippen molar-refractivity contribution in [2.24, 2.45) is 5.92 Å². The van der Waals surface area contributed by atoms with Gasteiger partial charge in [0.15, 0.2) is 6.10 Å². The van der Waals surface area contributed by atoms with E-state index < -0.39 is 36.8 Å². The molecule has 0 bridgehead atoms. The maximum Gasteiger partial charge on any atom is 0.311 e. The van der Waals surface area contributed by atoms with Gasteiger partial charge in [-0.3, -0.25) is 4.79 Å². The van der Waals surface area contributed by atoms with Gasteiger partial charge in [-0.25, -0.2) is 0 Å². The van der Waals surface area contributed by atoms with E-state index in [9.17, 15) is 9.90 Å². The third-order valence-corrected chi connectivity index (χ3v) is 2.04. The van der Waals surface area contributed by atoms with Crippen LogP contribution in [0.1, 0.15) is 6.92 Å². The molecule has 1 rings (SSSR count). The fourth-order valence-corrected chi connectivity index (χ4v) is 1.15. The highest BCUT2D eigenvalue weighted by atomic mass is 16.6. The van der Waals surface area contributed by atoms with Crippen LogP contribution in [0.15, 0.2) is 0 Å². The molecular weight excluding hydrogens is 164 g/mol. The molecule has 3 N–H and O–H groups in total. The molecule has 0 aromatic carbocycles. The van der Waals surface area contributed by atoms with Gasteiger partial charge < -0.3 is 20.1 Å². The molecule has 4 atom stereocenters. The van der Waals surface area contributed by atoms with Gasteiger partial charge in [0.1, 0.15) is 12.2 Å². The van der Waals surface area contributed by atoms with Crippen molar-refractivity contribution in [3.63, 3.8) is 0 Å². The number of hydrogen-bond donors (Lipinski definition) is 3. The van der Waals surface area contributed by atoms with Crippen LogP contribution in [0.25, 0.3) is 0 Å². The standard InChI is InChI=1S/C7H12O5/c1-3-5(10)6(4(9)2-8)12-7(3)11/h3-6,8-10H,2H2,1H3. The summed E-state index contributed by atoms with van der Waals surface area (Å²) in [5.41, 5.74) is 0. The summed E-state index contributed by atoms with van der Waals surface area (Å²) in [6.45, 7) is 0.985. The molecule has 0 aromatic rings. The van der Waals surface area contributed by atoms with E-state index in [1.807, 2.05) is 0 Å². The molecule has 0 saturated carbocycles. The van der Waals surface area contributed by atoms with E-state index in [-0.39, 0.29) is 0 Å². The number of rotatable bonds is 2. The number of hydrogen-bond acceptors (Lipinski definition) is 5. The number of carbonyl (C=O) groups excluding carboxylic acids is 1. The van der Waals surface area contributed by atoms with Crippen LogP contribution in [-0.4, -0.2) is 46.2 Å². The molecule has 1 aliphatic rings. The first-order chi connectivity index (χ1) is 5.57. The van der Waals surface area contributed by atoms with Gasteiger partial charge in [0, 0.05) is 0 Å². The summed E-state index contributed by atoms with van der Waals surface area (Å²) in [6, 6.07) is 0. The van der Waals surface area contributed by atoms with Crippen LogP contribution in [0.3, 0.4) is 0 Å². The predicted molar refractivity (Wildman–Crippen MR) is 38.1 cm³/mol. The molecule has 0 radical (unpaired) electrons. The summed E-state index contributed by atoms with van der Waals surface area (Å²) in [4.78, 5) is 10.8. The topological polar surface area (TPSA) is 87.0 Å². The maximum absolute atomic E-state index is 10.8. The highest BCUT2D eigenvalue weighted by molar-refractivity contribution is 5.75. The molecule has 0 spiro atoms. The molecule has 12 heavy (non-hydrogen) atoms. The van der Waals surface area contributed by atoms with E-state index in [2.05, 4.69) is 4.74 Å². The molecule has 0 aliphatic carbocycles. The Kier molecular flexibility index (Phi) is 2.66. The molecular formula is C7H12O5. The predicted octanol–water partition coefficient (Wildman–Crippen LogP) is -1.74. The molecule has 0 aromatic heterocycles. The lowest BCUT2D eigenvalue weighted by molar-refractivity contribution is -0.149. The second kappa shape index (κ2) is 3.38. The quantitative estimate of drug-likeness (QED) is 0.435. The molecule has 5 heteroatoms. The van der Waals surface area contributed by atoms with Crippen molar-refractivity contribution in [1.82, 2.24) is 0 Å². The molecule has 4 unspecified atom stereocenters. The van der Waals surface area contributed by atoms with E-state index in [0.29, 0.717) is 0 Å². The highest BCUT2D eigenvalue weighted by Crippen LogP contribution is 2.23. The first-order valence-corrected chi connectivity index (χ1v) is 3.75. The van der Waals surface area contributed by atoms with Crippen LogP contribution in [0.4, 0.5) is 0 Å². The van der Waals surface area contributed by atoms with Crippen molar-refractivity contribution >= 4 is 5.97 Å². The van der Waals surface area contributed by atoms with Crippen LogP contribution in [-0.2, 0) is 9.53 Å². The molecule has 5 nitrogen and oxygen atoms in total. The number of esters is 1. The van der Waals surface area contributed by atoms with E-state index in [0.717, 1.165) is 0 Å². The van der Waals surface area contributed by atoms with Gasteiger partial charge in [0.05, 0.1) is 12.5 Å². The van der Waals surface area contributed by atoms with Gasteiger partial charge in [-0.1, -0.05) is 0 Å². The average Bonchev–Trinajstić information content (AvgIpc) is 2.32. The lowest BCUT2D eigenvalue weighted by Gasteiger charge is -2.17. The summed E-state index contributed by atoms with van der Waals surface area (Å²) in [5, 5.41) is 26.9. The third-order valence-electron chi connectivity index (χ3n) is 2.04. The Balaban J connectivity index is 2.64. The Morgan fingerprint density at radius 3 is 2.58 bits per heavy atom. The summed E-state index contributed by atoms with van der Waals surface area (Å²) in [7, 11) is 0. The zero-order valence-electron chi connectivity index (χ0n) is 6.67. The van der Waals surface area contributed by atoms with Crippen LogP contribution < -0.4 is 0 Å². The van der Waals surface area contributed by atoms with E-state index >= 15 is 0 Å². The number of ether oxygens (including phenoxy) is 1. The number of aliphatic hydroxyl groups excluding tert-OH is 3. The van der Waals surface area contributed by atoms with Crippen LogP contribution in [0.5, 0.6) is 0 Å². The lowest BCUT2D eigenvalue weighted by Crippen LogP contribution is -2.38. The molecule has 70 valence electrons. The zero-order chi connectivity index (χ0) is 9.30. The van der Waals surface area contributed by atoms with Gasteiger partial charge in [0.2, 0.25) is 0 Å². The largest absolute Gasteiger partial charge is 0.456 e.